The number of benzene rings is 2. The summed E-state index contributed by atoms with van der Waals surface area (Å²) in [6.45, 7) is 2.98. The summed E-state index contributed by atoms with van der Waals surface area (Å²) in [7, 11) is 1.58. The number of carbonyl (C=O) groups is 2. The Morgan fingerprint density at radius 2 is 1.73 bits per heavy atom. The number of hydrogen-bond donors (Lipinski definition) is 4. The van der Waals surface area contributed by atoms with Crippen molar-refractivity contribution in [3.63, 3.8) is 0 Å². The van der Waals surface area contributed by atoms with Crippen LogP contribution in [0.25, 0.3) is 39.2 Å². The second-order valence-corrected chi connectivity index (χ2v) is 12.6. The molecule has 2 aromatic carbocycles. The summed E-state index contributed by atoms with van der Waals surface area (Å²) in [5, 5.41) is 10.2. The number of carbonyl (C=O) groups excluding carboxylic acids is 2. The van der Waals surface area contributed by atoms with E-state index in [1.165, 1.54) is 10.6 Å². The highest BCUT2D eigenvalue weighted by Gasteiger charge is 2.21. The van der Waals surface area contributed by atoms with Crippen molar-refractivity contribution in [2.75, 3.05) is 13.7 Å². The second-order valence-electron chi connectivity index (χ2n) is 11.9. The third-order valence-electron chi connectivity index (χ3n) is 8.60. The van der Waals surface area contributed by atoms with Gasteiger partial charge in [0.2, 0.25) is 17.7 Å². The maximum atomic E-state index is 13.1. The van der Waals surface area contributed by atoms with Gasteiger partial charge < -0.3 is 26.4 Å². The monoisotopic (exact) mass is 699 g/mol. The van der Waals surface area contributed by atoms with Crippen molar-refractivity contribution in [2.45, 2.75) is 44.9 Å². The van der Waals surface area contributed by atoms with Gasteiger partial charge in [-0.3, -0.25) is 18.8 Å². The van der Waals surface area contributed by atoms with E-state index in [1.54, 1.807) is 32.4 Å². The lowest BCUT2D eigenvalue weighted by Crippen LogP contribution is -2.39. The van der Waals surface area contributed by atoms with Crippen molar-refractivity contribution in [2.24, 2.45) is 5.73 Å². The molecule has 252 valence electrons. The fraction of sp³-hybridized carbons (Fsp3) is 0.250. The van der Waals surface area contributed by atoms with Gasteiger partial charge in [-0.05, 0) is 37.1 Å². The molecule has 2 atom stereocenters. The minimum absolute atomic E-state index is 0.0877. The molecule has 1 fully saturated rings. The molecule has 4 heterocycles. The van der Waals surface area contributed by atoms with E-state index in [4.69, 9.17) is 38.7 Å². The lowest BCUT2D eigenvalue weighted by Gasteiger charge is -2.16. The highest BCUT2D eigenvalue weighted by Crippen LogP contribution is 2.42. The van der Waals surface area contributed by atoms with Crippen LogP contribution in [-0.4, -0.2) is 51.9 Å². The molecule has 0 bridgehead atoms. The third kappa shape index (κ3) is 7.30. The van der Waals surface area contributed by atoms with E-state index in [-0.39, 0.29) is 24.1 Å². The van der Waals surface area contributed by atoms with Crippen molar-refractivity contribution < 1.29 is 14.3 Å². The Morgan fingerprint density at radius 1 is 1.02 bits per heavy atom. The molecule has 5 N–H and O–H groups in total. The first kappa shape index (κ1) is 34.1. The van der Waals surface area contributed by atoms with Gasteiger partial charge in [-0.25, -0.2) is 9.97 Å². The summed E-state index contributed by atoms with van der Waals surface area (Å²) in [6, 6.07) is 18.4. The van der Waals surface area contributed by atoms with E-state index >= 15 is 0 Å². The molecule has 5 aromatic rings. The predicted molar refractivity (Wildman–Crippen MR) is 191 cm³/mol. The molecule has 0 radical (unpaired) electrons. The molecule has 2 amide bonds. The molecule has 13 heteroatoms. The fourth-order valence-electron chi connectivity index (χ4n) is 5.81. The first-order valence-corrected chi connectivity index (χ1v) is 16.5. The molecule has 6 rings (SSSR count). The minimum atomic E-state index is -0.585. The van der Waals surface area contributed by atoms with Crippen LogP contribution in [0, 0.1) is 0 Å². The Morgan fingerprint density at radius 3 is 2.43 bits per heavy atom. The van der Waals surface area contributed by atoms with Crippen LogP contribution in [0.3, 0.4) is 0 Å². The molecule has 1 aliphatic heterocycles. The lowest BCUT2D eigenvalue weighted by molar-refractivity contribution is -0.120. The molecule has 11 nitrogen and oxygen atoms in total. The summed E-state index contributed by atoms with van der Waals surface area (Å²) < 4.78 is 7.08. The van der Waals surface area contributed by atoms with Crippen molar-refractivity contribution >= 4 is 40.7 Å². The quantitative estimate of drug-likeness (QED) is 0.146. The molecule has 0 saturated carbocycles. The Hall–Kier alpha value is -4.81. The third-order valence-corrected chi connectivity index (χ3v) is 9.42. The number of nitrogens with one attached hydrogen (secondary N) is 3. The zero-order valence-electron chi connectivity index (χ0n) is 26.9. The number of methoxy groups -OCH3 is 1. The molecule has 0 aliphatic carbocycles. The molecule has 0 spiro atoms. The smallest absolute Gasteiger partial charge is 0.262 e. The summed E-state index contributed by atoms with van der Waals surface area (Å²) in [6.07, 6.45) is 4.53. The number of nitrogens with two attached hydrogens (primary N) is 1. The van der Waals surface area contributed by atoms with Gasteiger partial charge in [0.15, 0.2) is 0 Å². The van der Waals surface area contributed by atoms with E-state index < -0.39 is 11.9 Å². The normalized spacial score (nSPS) is 14.9. The lowest BCUT2D eigenvalue weighted by atomic mass is 9.97. The Bertz CT molecular complexity index is 2120. The maximum absolute atomic E-state index is 13.1. The second kappa shape index (κ2) is 14.8. The van der Waals surface area contributed by atoms with Crippen molar-refractivity contribution in [3.8, 4) is 39.4 Å². The standard InChI is InChI=1S/C36H35Cl2N7O4/c1-20(34(39)47)41-17-23-18-42-30-15-21(13-14-45(30)36(23)48)25-5-3-6-26(32(25)37)27-7-4-8-28(33(27)38)29-11-9-22(35(44-29)49-2)16-40-19-24-10-12-31(46)43-24/h3-9,11,13-15,18,20,24,40-41H,10,12,16-17,19H2,1-2H3,(H2,39,47)(H,43,46). The van der Waals surface area contributed by atoms with Crippen LogP contribution in [-0.2, 0) is 22.7 Å². The predicted octanol–water partition coefficient (Wildman–Crippen LogP) is 4.74. The first-order chi connectivity index (χ1) is 23.6. The molecular weight excluding hydrogens is 665 g/mol. The number of pyridine rings is 2. The van der Waals surface area contributed by atoms with E-state index in [0.717, 1.165) is 39.8 Å². The zero-order valence-corrected chi connectivity index (χ0v) is 28.4. The van der Waals surface area contributed by atoms with Gasteiger partial charge in [-0.2, -0.15) is 0 Å². The van der Waals surface area contributed by atoms with Gasteiger partial charge in [0, 0.05) is 72.3 Å². The van der Waals surface area contributed by atoms with Crippen molar-refractivity contribution in [1.29, 1.82) is 0 Å². The summed E-state index contributed by atoms with van der Waals surface area (Å²) in [5.74, 6) is 0.0634. The van der Waals surface area contributed by atoms with Gasteiger partial charge in [0.1, 0.15) is 5.65 Å². The molecule has 1 saturated heterocycles. The number of rotatable bonds is 12. The van der Waals surface area contributed by atoms with Crippen LogP contribution in [0.4, 0.5) is 0 Å². The average molecular weight is 701 g/mol. The largest absolute Gasteiger partial charge is 0.481 e. The number of hydrogen-bond acceptors (Lipinski definition) is 8. The first-order valence-electron chi connectivity index (χ1n) is 15.8. The highest BCUT2D eigenvalue weighted by atomic mass is 35.5. The molecule has 1 aliphatic rings. The Kier molecular flexibility index (Phi) is 10.3. The van der Waals surface area contributed by atoms with Crippen LogP contribution in [0.2, 0.25) is 10.0 Å². The summed E-state index contributed by atoms with van der Waals surface area (Å²) >= 11 is 14.1. The van der Waals surface area contributed by atoms with E-state index in [1.807, 2.05) is 48.5 Å². The zero-order chi connectivity index (χ0) is 34.7. The SMILES string of the molecule is COc1nc(-c2cccc(-c3cccc(-c4ccn5c(=O)c(CNC(C)C(N)=O)cnc5c4)c3Cl)c2Cl)ccc1CNCC1CCC(=O)N1. The Balaban J connectivity index is 1.26. The van der Waals surface area contributed by atoms with Crippen LogP contribution in [0.5, 0.6) is 5.88 Å². The van der Waals surface area contributed by atoms with E-state index in [2.05, 4.69) is 20.9 Å². The van der Waals surface area contributed by atoms with Crippen LogP contribution in [0.15, 0.2) is 77.9 Å². The van der Waals surface area contributed by atoms with Gasteiger partial charge in [-0.1, -0.05) is 65.7 Å². The maximum Gasteiger partial charge on any atom is 0.262 e. The molecular formula is C36H35Cl2N7O4. The fourth-order valence-corrected chi connectivity index (χ4v) is 6.47. The van der Waals surface area contributed by atoms with E-state index in [0.29, 0.717) is 52.3 Å². The van der Waals surface area contributed by atoms with E-state index in [9.17, 15) is 14.4 Å². The summed E-state index contributed by atoms with van der Waals surface area (Å²) in [4.78, 5) is 45.2. The Labute approximate surface area is 292 Å². The van der Waals surface area contributed by atoms with Crippen molar-refractivity contribution in [3.05, 3.63) is 105 Å². The number of fused-ring (bicyclic) bond motifs is 1. The number of amides is 2. The van der Waals surface area contributed by atoms with Crippen LogP contribution < -0.4 is 32.0 Å². The van der Waals surface area contributed by atoms with Crippen LogP contribution >= 0.6 is 23.2 Å². The average Bonchev–Trinajstić information content (AvgIpc) is 3.52. The highest BCUT2D eigenvalue weighted by molar-refractivity contribution is 6.39. The number of nitrogens with zero attached hydrogens (tertiary/aromatic N) is 3. The molecule has 3 aromatic heterocycles. The van der Waals surface area contributed by atoms with Gasteiger partial charge in [0.05, 0.1) is 34.5 Å². The number of aromatic nitrogens is 3. The van der Waals surface area contributed by atoms with Crippen molar-refractivity contribution in [1.82, 2.24) is 30.3 Å². The molecule has 2 unspecified atom stereocenters. The number of ether oxygens (including phenoxy) is 1. The number of primary amides is 1. The van der Waals surface area contributed by atoms with Gasteiger partial charge in [-0.15, -0.1) is 0 Å². The topological polar surface area (TPSA) is 153 Å². The number of halogens is 2. The van der Waals surface area contributed by atoms with Gasteiger partial charge >= 0.3 is 0 Å². The van der Waals surface area contributed by atoms with Crippen LogP contribution in [0.1, 0.15) is 30.9 Å². The minimum Gasteiger partial charge on any atom is -0.481 e. The summed E-state index contributed by atoms with van der Waals surface area (Å²) in [5.41, 5.74) is 11.1. The molecule has 49 heavy (non-hydrogen) atoms. The van der Waals surface area contributed by atoms with Gasteiger partial charge in [0.25, 0.3) is 5.56 Å².